The van der Waals surface area contributed by atoms with E-state index < -0.39 is 16.7 Å². The van der Waals surface area contributed by atoms with E-state index >= 15 is 0 Å². The highest BCUT2D eigenvalue weighted by Gasteiger charge is 2.55. The van der Waals surface area contributed by atoms with Gasteiger partial charge in [-0.25, -0.2) is 9.18 Å². The summed E-state index contributed by atoms with van der Waals surface area (Å²) in [6.07, 6.45) is 3.06. The average Bonchev–Trinajstić information content (AvgIpc) is 2.33. The Morgan fingerprint density at radius 2 is 1.89 bits per heavy atom. The number of halogens is 2. The van der Waals surface area contributed by atoms with Crippen LogP contribution in [0.1, 0.15) is 5.56 Å². The Morgan fingerprint density at radius 1 is 1.28 bits per heavy atom. The predicted molar refractivity (Wildman–Crippen MR) is 65.8 cm³/mol. The number of aliphatic hydroxyl groups is 1. The van der Waals surface area contributed by atoms with Crippen LogP contribution in [0.5, 0.6) is 0 Å². The Morgan fingerprint density at radius 3 is 2.44 bits per heavy atom. The minimum absolute atomic E-state index is 0.440. The van der Waals surface area contributed by atoms with Crippen molar-refractivity contribution in [3.8, 4) is 0 Å². The molecule has 2 unspecified atom stereocenters. The molecule has 2 rings (SSSR count). The van der Waals surface area contributed by atoms with Gasteiger partial charge in [0.25, 0.3) is 5.85 Å². The zero-order valence-corrected chi connectivity index (χ0v) is 9.93. The molecule has 1 aromatic carbocycles. The minimum atomic E-state index is -3.13. The van der Waals surface area contributed by atoms with Gasteiger partial charge < -0.3 is 10.2 Å². The van der Waals surface area contributed by atoms with Crippen LogP contribution in [0.4, 0.5) is 4.39 Å². The van der Waals surface area contributed by atoms with E-state index in [9.17, 15) is 14.3 Å². The van der Waals surface area contributed by atoms with Crippen LogP contribution in [0, 0.1) is 0 Å². The van der Waals surface area contributed by atoms with E-state index in [4.69, 9.17) is 16.7 Å². The van der Waals surface area contributed by atoms with Crippen molar-refractivity contribution in [3.05, 3.63) is 54.1 Å². The number of aliphatic carboxylic acids is 1. The van der Waals surface area contributed by atoms with Crippen LogP contribution in [0.15, 0.2) is 48.6 Å². The van der Waals surface area contributed by atoms with Crippen molar-refractivity contribution < 1.29 is 19.4 Å². The highest BCUT2D eigenvalue weighted by atomic mass is 35.5. The number of allylic oxidation sites excluding steroid dienone is 2. The Hall–Kier alpha value is -1.65. The Labute approximate surface area is 108 Å². The van der Waals surface area contributed by atoms with Crippen molar-refractivity contribution in [2.75, 3.05) is 0 Å². The second kappa shape index (κ2) is 4.23. The summed E-state index contributed by atoms with van der Waals surface area (Å²) in [5.74, 6) is -4.77. The van der Waals surface area contributed by atoms with Crippen LogP contribution >= 0.6 is 11.6 Å². The highest BCUT2D eigenvalue weighted by Crippen LogP contribution is 2.40. The van der Waals surface area contributed by atoms with Gasteiger partial charge in [0.1, 0.15) is 0 Å². The maximum atomic E-state index is 13.8. The Bertz CT molecular complexity index is 536. The molecular formula is C13H10ClFO3. The van der Waals surface area contributed by atoms with Crippen LogP contribution in [0.3, 0.4) is 0 Å². The van der Waals surface area contributed by atoms with Crippen LogP contribution in [-0.2, 0) is 4.79 Å². The molecule has 0 fully saturated rings. The van der Waals surface area contributed by atoms with Crippen molar-refractivity contribution in [1.82, 2.24) is 0 Å². The molecule has 0 spiro atoms. The molecule has 0 amide bonds. The van der Waals surface area contributed by atoms with Crippen molar-refractivity contribution in [3.63, 3.8) is 0 Å². The summed E-state index contributed by atoms with van der Waals surface area (Å²) in [7, 11) is 0. The average molecular weight is 269 g/mol. The van der Waals surface area contributed by atoms with Gasteiger partial charge in [0, 0.05) is 0 Å². The predicted octanol–water partition coefficient (Wildman–Crippen LogP) is 2.36. The standard InChI is InChI=1S/C13H10ClFO3/c14-12(11(16)17)8-10(6-7-13(12,15)18)9-4-2-1-3-5-9/h1-8,18H,(H,16,17). The zero-order chi connectivity index (χ0) is 13.4. The largest absolute Gasteiger partial charge is 0.480 e. The summed E-state index contributed by atoms with van der Waals surface area (Å²) < 4.78 is 13.8. The third-order valence-corrected chi connectivity index (χ3v) is 3.30. The molecule has 1 aliphatic carbocycles. The molecule has 0 bridgehead atoms. The molecule has 0 aliphatic heterocycles. The molecule has 0 saturated carbocycles. The first-order valence-electron chi connectivity index (χ1n) is 5.18. The lowest BCUT2D eigenvalue weighted by molar-refractivity contribution is -0.152. The number of alkyl halides is 2. The number of hydrogen-bond donors (Lipinski definition) is 2. The molecule has 0 aromatic heterocycles. The first-order valence-corrected chi connectivity index (χ1v) is 5.56. The molecule has 18 heavy (non-hydrogen) atoms. The van der Waals surface area contributed by atoms with Gasteiger partial charge in [-0.3, -0.25) is 0 Å². The van der Waals surface area contributed by atoms with E-state index in [1.165, 1.54) is 6.08 Å². The lowest BCUT2D eigenvalue weighted by Gasteiger charge is -2.31. The van der Waals surface area contributed by atoms with Crippen LogP contribution in [-0.4, -0.2) is 26.9 Å². The van der Waals surface area contributed by atoms with Gasteiger partial charge in [-0.15, -0.1) is 0 Å². The summed E-state index contributed by atoms with van der Waals surface area (Å²) in [6, 6.07) is 8.79. The molecular weight excluding hydrogens is 259 g/mol. The number of benzene rings is 1. The van der Waals surface area contributed by atoms with Gasteiger partial charge in [0.2, 0.25) is 4.87 Å². The van der Waals surface area contributed by atoms with Crippen LogP contribution in [0.2, 0.25) is 0 Å². The van der Waals surface area contributed by atoms with E-state index in [1.807, 2.05) is 0 Å². The van der Waals surface area contributed by atoms with Gasteiger partial charge in [0.15, 0.2) is 0 Å². The number of carboxylic acids is 1. The van der Waals surface area contributed by atoms with E-state index in [0.29, 0.717) is 11.1 Å². The second-order valence-electron chi connectivity index (χ2n) is 3.99. The lowest BCUT2D eigenvalue weighted by atomic mass is 9.88. The summed E-state index contributed by atoms with van der Waals surface area (Å²) in [5.41, 5.74) is 1.13. The van der Waals surface area contributed by atoms with Gasteiger partial charge >= 0.3 is 5.97 Å². The van der Waals surface area contributed by atoms with E-state index in [2.05, 4.69) is 0 Å². The van der Waals surface area contributed by atoms with E-state index in [1.54, 1.807) is 30.3 Å². The molecule has 0 heterocycles. The first kappa shape index (κ1) is 12.8. The fourth-order valence-corrected chi connectivity index (χ4v) is 1.89. The fourth-order valence-electron chi connectivity index (χ4n) is 1.71. The van der Waals surface area contributed by atoms with Crippen molar-refractivity contribution in [2.45, 2.75) is 10.7 Å². The summed E-state index contributed by atoms with van der Waals surface area (Å²) >= 11 is 5.69. The summed E-state index contributed by atoms with van der Waals surface area (Å²) in [5, 5.41) is 18.4. The van der Waals surface area contributed by atoms with Gasteiger partial charge in [-0.05, 0) is 23.3 Å². The minimum Gasteiger partial charge on any atom is -0.480 e. The molecule has 0 radical (unpaired) electrons. The van der Waals surface area contributed by atoms with E-state index in [-0.39, 0.29) is 0 Å². The van der Waals surface area contributed by atoms with Crippen molar-refractivity contribution in [1.29, 1.82) is 0 Å². The number of carboxylic acid groups (broad SMARTS) is 1. The first-order chi connectivity index (χ1) is 8.37. The SMILES string of the molecule is O=C(O)C1(Cl)C=C(c2ccccc2)C=CC1(O)F. The van der Waals surface area contributed by atoms with Crippen molar-refractivity contribution >= 4 is 23.1 Å². The maximum absolute atomic E-state index is 13.8. The fraction of sp³-hybridized carbons (Fsp3) is 0.154. The molecule has 2 atom stereocenters. The normalized spacial score (nSPS) is 30.9. The Balaban J connectivity index is 2.51. The number of carbonyl (C=O) groups is 1. The molecule has 2 N–H and O–H groups in total. The van der Waals surface area contributed by atoms with Gasteiger partial charge in [0.05, 0.1) is 0 Å². The zero-order valence-electron chi connectivity index (χ0n) is 9.18. The molecule has 1 aromatic rings. The second-order valence-corrected chi connectivity index (χ2v) is 4.59. The molecule has 94 valence electrons. The third kappa shape index (κ3) is 1.94. The lowest BCUT2D eigenvalue weighted by Crippen LogP contribution is -2.51. The highest BCUT2D eigenvalue weighted by molar-refractivity contribution is 6.37. The summed E-state index contributed by atoms with van der Waals surface area (Å²) in [6.45, 7) is 0. The third-order valence-electron chi connectivity index (χ3n) is 2.77. The topological polar surface area (TPSA) is 57.5 Å². The van der Waals surface area contributed by atoms with Crippen LogP contribution < -0.4 is 0 Å². The maximum Gasteiger partial charge on any atom is 0.335 e. The quantitative estimate of drug-likeness (QED) is 0.810. The number of hydrogen-bond acceptors (Lipinski definition) is 2. The van der Waals surface area contributed by atoms with Crippen molar-refractivity contribution in [2.24, 2.45) is 0 Å². The molecule has 3 nitrogen and oxygen atoms in total. The number of rotatable bonds is 2. The Kier molecular flexibility index (Phi) is 3.00. The molecule has 1 aliphatic rings. The van der Waals surface area contributed by atoms with E-state index in [0.717, 1.165) is 12.2 Å². The molecule has 0 saturated heterocycles. The van der Waals surface area contributed by atoms with Crippen LogP contribution in [0.25, 0.3) is 5.57 Å². The molecule has 5 heteroatoms. The van der Waals surface area contributed by atoms with Gasteiger partial charge in [-0.1, -0.05) is 48.0 Å². The van der Waals surface area contributed by atoms with Gasteiger partial charge in [-0.2, -0.15) is 0 Å². The summed E-state index contributed by atoms with van der Waals surface area (Å²) in [4.78, 5) is 8.54. The smallest absolute Gasteiger partial charge is 0.335 e. The monoisotopic (exact) mass is 268 g/mol.